The average molecular weight is 633 g/mol. The molecule has 10 nitrogen and oxygen atoms in total. The second-order valence-electron chi connectivity index (χ2n) is 12.1. The highest BCUT2D eigenvalue weighted by Crippen LogP contribution is 2.36. The third kappa shape index (κ3) is 6.56. The maximum absolute atomic E-state index is 13.3. The molecule has 11 heteroatoms. The van der Waals surface area contributed by atoms with Gasteiger partial charge in [0, 0.05) is 75.1 Å². The molecule has 3 aliphatic rings. The van der Waals surface area contributed by atoms with Gasteiger partial charge < -0.3 is 19.7 Å². The number of piperidine rings is 1. The molecule has 3 aliphatic heterocycles. The van der Waals surface area contributed by atoms with Gasteiger partial charge in [0.05, 0.1) is 9.79 Å². The molecule has 2 amide bonds. The molecule has 2 fully saturated rings. The first-order chi connectivity index (χ1) is 21.6. The molecule has 3 aromatic carbocycles. The molecule has 0 spiro atoms. The number of fused-ring (bicyclic) bond motifs is 1. The second-order valence-corrected chi connectivity index (χ2v) is 14.1. The van der Waals surface area contributed by atoms with Crippen LogP contribution in [0.2, 0.25) is 0 Å². The Hall–Kier alpha value is -3.93. The minimum atomic E-state index is -3.68. The number of anilines is 1. The number of carbonyl (C=O) groups excluding carboxylic acids is 2. The number of nitrogens with one attached hydrogen (secondary N) is 1. The zero-order valence-corrected chi connectivity index (χ0v) is 26.8. The zero-order valence-electron chi connectivity index (χ0n) is 25.9. The van der Waals surface area contributed by atoms with Crippen molar-refractivity contribution in [2.24, 2.45) is 0 Å². The van der Waals surface area contributed by atoms with Gasteiger partial charge in [-0.1, -0.05) is 12.1 Å². The van der Waals surface area contributed by atoms with E-state index in [1.165, 1.54) is 13.0 Å². The van der Waals surface area contributed by atoms with Crippen LogP contribution in [-0.4, -0.2) is 86.5 Å². The van der Waals surface area contributed by atoms with Crippen molar-refractivity contribution in [3.63, 3.8) is 0 Å². The van der Waals surface area contributed by atoms with Gasteiger partial charge in [-0.25, -0.2) is 8.42 Å². The van der Waals surface area contributed by atoms with Crippen LogP contribution in [0.3, 0.4) is 0 Å². The molecule has 2 saturated heterocycles. The first-order valence-electron chi connectivity index (χ1n) is 15.5. The number of hydrogen-bond donors (Lipinski definition) is 1. The van der Waals surface area contributed by atoms with Gasteiger partial charge in [-0.3, -0.25) is 19.4 Å². The van der Waals surface area contributed by atoms with Crippen LogP contribution in [0.4, 0.5) is 5.69 Å². The van der Waals surface area contributed by atoms with Crippen LogP contribution in [0.25, 0.3) is 0 Å². The Balaban J connectivity index is 1.02. The fourth-order valence-corrected chi connectivity index (χ4v) is 8.00. The van der Waals surface area contributed by atoms with Gasteiger partial charge in [-0.05, 0) is 80.8 Å². The lowest BCUT2D eigenvalue weighted by molar-refractivity contribution is -0.114. The standard InChI is InChI=1S/C34H40N4O6S/c1-23-21-37(29-14-16-36(17-15-29)34(40)27-4-8-28(9-5-27)35-25(3)39)18-19-38(23)24(2)26-6-10-30(11-7-26)45(41,42)31-12-13-32-33(20-31)44-22-43-32/h4-13,20,23-24,29H,14-19,21-22H2,1-3H3,(H,35,39)/t23-,24+/m1/s1. The highest BCUT2D eigenvalue weighted by molar-refractivity contribution is 7.91. The van der Waals surface area contributed by atoms with Crippen molar-refractivity contribution >= 4 is 27.3 Å². The van der Waals surface area contributed by atoms with Crippen LogP contribution in [0.15, 0.2) is 76.5 Å². The summed E-state index contributed by atoms with van der Waals surface area (Å²) < 4.78 is 37.2. The van der Waals surface area contributed by atoms with Crippen molar-refractivity contribution in [3.05, 3.63) is 77.9 Å². The normalized spacial score (nSPS) is 20.2. The summed E-state index contributed by atoms with van der Waals surface area (Å²) in [7, 11) is -3.68. The van der Waals surface area contributed by atoms with Crippen molar-refractivity contribution in [2.45, 2.75) is 61.5 Å². The topological polar surface area (TPSA) is 108 Å². The predicted molar refractivity (Wildman–Crippen MR) is 170 cm³/mol. The van der Waals surface area contributed by atoms with Gasteiger partial charge in [0.1, 0.15) is 0 Å². The number of ether oxygens (including phenoxy) is 2. The summed E-state index contributed by atoms with van der Waals surface area (Å²) in [6, 6.07) is 19.9. The third-order valence-electron chi connectivity index (χ3n) is 9.26. The number of likely N-dealkylation sites (tertiary alicyclic amines) is 1. The molecule has 0 unspecified atom stereocenters. The SMILES string of the molecule is CC(=O)Nc1ccc(C(=O)N2CCC(N3CCN([C@@H](C)c4ccc(S(=O)(=O)c5ccc6c(c5)OCO6)cc4)[C@H](C)C3)CC2)cc1. The van der Waals surface area contributed by atoms with E-state index in [-0.39, 0.29) is 34.4 Å². The lowest BCUT2D eigenvalue weighted by atomic mass is 9.98. The van der Waals surface area contributed by atoms with Crippen LogP contribution in [0, 0.1) is 0 Å². The van der Waals surface area contributed by atoms with E-state index in [9.17, 15) is 18.0 Å². The Labute approximate surface area is 264 Å². The predicted octanol–water partition coefficient (Wildman–Crippen LogP) is 4.58. The lowest BCUT2D eigenvalue weighted by Crippen LogP contribution is -2.57. The van der Waals surface area contributed by atoms with Crippen molar-refractivity contribution < 1.29 is 27.5 Å². The van der Waals surface area contributed by atoms with Gasteiger partial charge in [-0.15, -0.1) is 0 Å². The van der Waals surface area contributed by atoms with E-state index in [1.54, 1.807) is 48.5 Å². The first-order valence-corrected chi connectivity index (χ1v) is 17.0. The van der Waals surface area contributed by atoms with Gasteiger partial charge in [0.15, 0.2) is 11.5 Å². The molecular weight excluding hydrogens is 592 g/mol. The fraction of sp³-hybridized carbons (Fsp3) is 0.412. The molecule has 2 atom stereocenters. The van der Waals surface area contributed by atoms with Gasteiger partial charge in [0.2, 0.25) is 22.5 Å². The molecule has 0 radical (unpaired) electrons. The highest BCUT2D eigenvalue weighted by Gasteiger charge is 2.34. The zero-order chi connectivity index (χ0) is 31.7. The van der Waals surface area contributed by atoms with Crippen molar-refractivity contribution in [3.8, 4) is 11.5 Å². The summed E-state index contributed by atoms with van der Waals surface area (Å²) in [5, 5.41) is 2.73. The van der Waals surface area contributed by atoms with Crippen molar-refractivity contribution in [2.75, 3.05) is 44.8 Å². The summed E-state index contributed by atoms with van der Waals surface area (Å²) in [5.74, 6) is 0.891. The van der Waals surface area contributed by atoms with E-state index in [0.29, 0.717) is 34.8 Å². The summed E-state index contributed by atoms with van der Waals surface area (Å²) in [6.07, 6.45) is 1.88. The molecule has 0 bridgehead atoms. The van der Waals surface area contributed by atoms with Gasteiger partial charge in [0.25, 0.3) is 5.91 Å². The molecule has 0 aromatic heterocycles. The molecule has 0 aliphatic carbocycles. The Bertz CT molecular complexity index is 1650. The molecule has 6 rings (SSSR count). The number of amides is 2. The number of hydrogen-bond acceptors (Lipinski definition) is 8. The van der Waals surface area contributed by atoms with Crippen LogP contribution in [-0.2, 0) is 14.6 Å². The summed E-state index contributed by atoms with van der Waals surface area (Å²) >= 11 is 0. The number of benzene rings is 3. The van der Waals surface area contributed by atoms with E-state index in [2.05, 4.69) is 29.0 Å². The molecule has 3 heterocycles. The summed E-state index contributed by atoms with van der Waals surface area (Å²) in [6.45, 7) is 10.3. The molecule has 3 aromatic rings. The lowest BCUT2D eigenvalue weighted by Gasteiger charge is -2.47. The van der Waals surface area contributed by atoms with E-state index in [0.717, 1.165) is 51.1 Å². The van der Waals surface area contributed by atoms with Crippen LogP contribution < -0.4 is 14.8 Å². The number of piperazine rings is 1. The Morgan fingerprint density at radius 2 is 1.53 bits per heavy atom. The molecule has 0 saturated carbocycles. The smallest absolute Gasteiger partial charge is 0.253 e. The largest absolute Gasteiger partial charge is 0.454 e. The highest BCUT2D eigenvalue weighted by atomic mass is 32.2. The monoisotopic (exact) mass is 632 g/mol. The van der Waals surface area contributed by atoms with Crippen LogP contribution in [0.1, 0.15) is 55.6 Å². The fourth-order valence-electron chi connectivity index (χ4n) is 6.72. The van der Waals surface area contributed by atoms with Crippen molar-refractivity contribution in [1.82, 2.24) is 14.7 Å². The maximum atomic E-state index is 13.3. The van der Waals surface area contributed by atoms with E-state index < -0.39 is 9.84 Å². The number of rotatable bonds is 7. The minimum absolute atomic E-state index is 0.0320. The number of nitrogens with zero attached hydrogens (tertiary/aromatic N) is 3. The summed E-state index contributed by atoms with van der Waals surface area (Å²) in [4.78, 5) is 31.8. The Kier molecular flexibility index (Phi) is 8.85. The van der Waals surface area contributed by atoms with Crippen molar-refractivity contribution in [1.29, 1.82) is 0 Å². The van der Waals surface area contributed by atoms with E-state index >= 15 is 0 Å². The van der Waals surface area contributed by atoms with E-state index in [1.807, 2.05) is 17.0 Å². The maximum Gasteiger partial charge on any atom is 0.253 e. The Morgan fingerprint density at radius 1 is 0.867 bits per heavy atom. The number of sulfone groups is 1. The number of carbonyl (C=O) groups is 2. The second kappa shape index (κ2) is 12.8. The first kappa shape index (κ1) is 31.1. The molecule has 1 N–H and O–H groups in total. The van der Waals surface area contributed by atoms with Crippen LogP contribution >= 0.6 is 0 Å². The molecular formula is C34H40N4O6S. The Morgan fingerprint density at radius 3 is 2.20 bits per heavy atom. The third-order valence-corrected chi connectivity index (χ3v) is 11.0. The molecule has 238 valence electrons. The minimum Gasteiger partial charge on any atom is -0.454 e. The quantitative estimate of drug-likeness (QED) is 0.404. The molecule has 45 heavy (non-hydrogen) atoms. The summed E-state index contributed by atoms with van der Waals surface area (Å²) in [5.41, 5.74) is 2.40. The van der Waals surface area contributed by atoms with Gasteiger partial charge in [-0.2, -0.15) is 0 Å². The van der Waals surface area contributed by atoms with E-state index in [4.69, 9.17) is 9.47 Å². The van der Waals surface area contributed by atoms with Gasteiger partial charge >= 0.3 is 0 Å². The van der Waals surface area contributed by atoms with Crippen LogP contribution in [0.5, 0.6) is 11.5 Å². The average Bonchev–Trinajstić information content (AvgIpc) is 3.53.